The average Bonchev–Trinajstić information content (AvgIpc) is 2.49. The van der Waals surface area contributed by atoms with Gasteiger partial charge in [-0.15, -0.1) is 0 Å². The van der Waals surface area contributed by atoms with Gasteiger partial charge in [-0.25, -0.2) is 0 Å². The van der Waals surface area contributed by atoms with Gasteiger partial charge < -0.3 is 9.84 Å². The second-order valence-corrected chi connectivity index (χ2v) is 6.92. The SMILES string of the molecule is COc1cc2c(cc1I)C(=O)C(C=O)=CC2[C@H](CO)C(C)C. The molecule has 1 aromatic rings. The number of aliphatic hydroxyl groups excluding tert-OH is 1. The van der Waals surface area contributed by atoms with E-state index >= 15 is 0 Å². The van der Waals surface area contributed by atoms with Crippen molar-refractivity contribution in [2.75, 3.05) is 13.7 Å². The molecule has 4 nitrogen and oxygen atoms in total. The molecule has 0 heterocycles. The summed E-state index contributed by atoms with van der Waals surface area (Å²) in [5, 5.41) is 9.74. The number of ketones is 1. The van der Waals surface area contributed by atoms with Gasteiger partial charge in [0.2, 0.25) is 0 Å². The van der Waals surface area contributed by atoms with Gasteiger partial charge in [0.25, 0.3) is 0 Å². The summed E-state index contributed by atoms with van der Waals surface area (Å²) >= 11 is 2.11. The molecule has 118 valence electrons. The Morgan fingerprint density at radius 3 is 2.59 bits per heavy atom. The van der Waals surface area contributed by atoms with Crippen molar-refractivity contribution in [1.29, 1.82) is 0 Å². The maximum Gasteiger partial charge on any atom is 0.196 e. The van der Waals surface area contributed by atoms with Crippen molar-refractivity contribution in [2.45, 2.75) is 19.8 Å². The number of allylic oxidation sites excluding steroid dienone is 2. The molecule has 0 amide bonds. The minimum absolute atomic E-state index is 0.00704. The summed E-state index contributed by atoms with van der Waals surface area (Å²) in [5.74, 6) is 0.406. The van der Waals surface area contributed by atoms with E-state index in [1.54, 1.807) is 19.3 Å². The fourth-order valence-electron chi connectivity index (χ4n) is 2.90. The van der Waals surface area contributed by atoms with Crippen LogP contribution in [0, 0.1) is 15.4 Å². The number of benzene rings is 1. The van der Waals surface area contributed by atoms with Crippen LogP contribution < -0.4 is 4.74 Å². The zero-order valence-electron chi connectivity index (χ0n) is 12.8. The van der Waals surface area contributed by atoms with Crippen molar-refractivity contribution < 1.29 is 19.4 Å². The quantitative estimate of drug-likeness (QED) is 0.457. The topological polar surface area (TPSA) is 63.6 Å². The van der Waals surface area contributed by atoms with Gasteiger partial charge in [-0.3, -0.25) is 9.59 Å². The number of hydrogen-bond acceptors (Lipinski definition) is 4. The van der Waals surface area contributed by atoms with Crippen LogP contribution in [0.25, 0.3) is 0 Å². The van der Waals surface area contributed by atoms with E-state index in [0.29, 0.717) is 17.6 Å². The molecule has 0 radical (unpaired) electrons. The summed E-state index contributed by atoms with van der Waals surface area (Å²) in [7, 11) is 1.59. The summed E-state index contributed by atoms with van der Waals surface area (Å²) in [6.45, 7) is 4.04. The Kier molecular flexibility index (Phi) is 5.39. The van der Waals surface area contributed by atoms with Gasteiger partial charge in [0, 0.05) is 18.1 Å². The molecule has 0 fully saturated rings. The van der Waals surface area contributed by atoms with Crippen molar-refractivity contribution in [3.63, 3.8) is 0 Å². The Morgan fingerprint density at radius 2 is 2.09 bits per heavy atom. The average molecular weight is 414 g/mol. The van der Waals surface area contributed by atoms with E-state index in [0.717, 1.165) is 9.13 Å². The Hall–Kier alpha value is -1.21. The molecule has 1 aliphatic rings. The number of rotatable bonds is 5. The van der Waals surface area contributed by atoms with Crippen LogP contribution in [-0.4, -0.2) is 30.9 Å². The first kappa shape index (κ1) is 17.1. The molecule has 0 spiro atoms. The number of aliphatic hydroxyl groups is 1. The minimum Gasteiger partial charge on any atom is -0.496 e. The van der Waals surface area contributed by atoms with E-state index in [4.69, 9.17) is 4.74 Å². The van der Waals surface area contributed by atoms with Crippen LogP contribution in [0.5, 0.6) is 5.75 Å². The van der Waals surface area contributed by atoms with Crippen LogP contribution in [0.15, 0.2) is 23.8 Å². The molecule has 1 unspecified atom stereocenters. The summed E-state index contributed by atoms with van der Waals surface area (Å²) in [5.41, 5.74) is 1.51. The van der Waals surface area contributed by atoms with Gasteiger partial charge >= 0.3 is 0 Å². The van der Waals surface area contributed by atoms with Crippen LogP contribution in [0.1, 0.15) is 35.7 Å². The van der Waals surface area contributed by atoms with Gasteiger partial charge in [0.15, 0.2) is 12.1 Å². The van der Waals surface area contributed by atoms with Gasteiger partial charge in [-0.05, 0) is 52.1 Å². The molecule has 1 N–H and O–H groups in total. The standard InChI is InChI=1S/C17H19IO4/c1-9(2)14(8-20)11-4-10(7-19)17(21)13-5-15(18)16(22-3)6-12(11)13/h4-7,9,11,14,20H,8H2,1-3H3/t11?,14-/m1/s1. The fourth-order valence-corrected chi connectivity index (χ4v) is 3.59. The van der Waals surface area contributed by atoms with E-state index < -0.39 is 0 Å². The monoisotopic (exact) mass is 414 g/mol. The molecule has 0 bridgehead atoms. The maximum absolute atomic E-state index is 12.4. The molecule has 1 aliphatic carbocycles. The molecule has 0 aliphatic heterocycles. The second-order valence-electron chi connectivity index (χ2n) is 5.76. The molecular weight excluding hydrogens is 395 g/mol. The molecule has 22 heavy (non-hydrogen) atoms. The van der Waals surface area contributed by atoms with E-state index in [1.165, 1.54) is 0 Å². The number of Topliss-reactive ketones (excluding diaryl/α,β-unsaturated/α-hetero) is 1. The smallest absolute Gasteiger partial charge is 0.196 e. The van der Waals surface area contributed by atoms with Crippen molar-refractivity contribution in [3.8, 4) is 5.75 Å². The summed E-state index contributed by atoms with van der Waals surface area (Å²) in [6, 6.07) is 3.61. The minimum atomic E-state index is -0.262. The van der Waals surface area contributed by atoms with Crippen LogP contribution >= 0.6 is 22.6 Å². The molecule has 1 aromatic carbocycles. The number of ether oxygens (including phenoxy) is 1. The summed E-state index contributed by atoms with van der Waals surface area (Å²) < 4.78 is 6.17. The molecule has 0 saturated carbocycles. The lowest BCUT2D eigenvalue weighted by Gasteiger charge is -2.31. The first-order valence-electron chi connectivity index (χ1n) is 7.14. The van der Waals surface area contributed by atoms with E-state index in [1.807, 2.05) is 19.9 Å². The summed E-state index contributed by atoms with van der Waals surface area (Å²) in [6.07, 6.45) is 2.29. The largest absolute Gasteiger partial charge is 0.496 e. The number of fused-ring (bicyclic) bond motifs is 1. The predicted molar refractivity (Wildman–Crippen MR) is 92.3 cm³/mol. The highest BCUT2D eigenvalue weighted by Crippen LogP contribution is 2.40. The van der Waals surface area contributed by atoms with Crippen molar-refractivity contribution in [2.24, 2.45) is 11.8 Å². The van der Waals surface area contributed by atoms with Crippen molar-refractivity contribution in [1.82, 2.24) is 0 Å². The predicted octanol–water partition coefficient (Wildman–Crippen LogP) is 2.97. The van der Waals surface area contributed by atoms with E-state index in [9.17, 15) is 14.7 Å². The Morgan fingerprint density at radius 1 is 1.41 bits per heavy atom. The molecule has 2 atom stereocenters. The molecule has 0 saturated heterocycles. The Labute approximate surface area is 143 Å². The third-order valence-electron chi connectivity index (χ3n) is 4.20. The first-order chi connectivity index (χ1) is 10.4. The number of carbonyl (C=O) groups is 2. The van der Waals surface area contributed by atoms with E-state index in [-0.39, 0.29) is 35.7 Å². The van der Waals surface area contributed by atoms with Crippen molar-refractivity contribution >= 4 is 34.7 Å². The third kappa shape index (κ3) is 2.96. The van der Waals surface area contributed by atoms with Crippen LogP contribution in [0.2, 0.25) is 0 Å². The lowest BCUT2D eigenvalue weighted by Crippen LogP contribution is -2.27. The normalized spacial score (nSPS) is 18.7. The summed E-state index contributed by atoms with van der Waals surface area (Å²) in [4.78, 5) is 23.7. The second kappa shape index (κ2) is 6.91. The highest BCUT2D eigenvalue weighted by molar-refractivity contribution is 14.1. The first-order valence-corrected chi connectivity index (χ1v) is 8.22. The van der Waals surface area contributed by atoms with Gasteiger partial charge in [-0.1, -0.05) is 19.9 Å². The molecule has 0 aromatic heterocycles. The number of hydrogen-bond donors (Lipinski definition) is 1. The Bertz CT molecular complexity index is 634. The zero-order chi connectivity index (χ0) is 16.4. The fraction of sp³-hybridized carbons (Fsp3) is 0.412. The van der Waals surface area contributed by atoms with Crippen molar-refractivity contribution in [3.05, 3.63) is 38.5 Å². The third-order valence-corrected chi connectivity index (χ3v) is 5.05. The van der Waals surface area contributed by atoms with Crippen LogP contribution in [0.4, 0.5) is 0 Å². The maximum atomic E-state index is 12.4. The Balaban J connectivity index is 2.66. The van der Waals surface area contributed by atoms with Gasteiger partial charge in [0.05, 0.1) is 16.3 Å². The van der Waals surface area contributed by atoms with Gasteiger partial charge in [0.1, 0.15) is 5.75 Å². The number of halogens is 1. The highest BCUT2D eigenvalue weighted by atomic mass is 127. The number of aldehydes is 1. The molecular formula is C17H19IO4. The van der Waals surface area contributed by atoms with Crippen LogP contribution in [0.3, 0.4) is 0 Å². The molecule has 2 rings (SSSR count). The number of methoxy groups -OCH3 is 1. The molecule has 5 heteroatoms. The number of carbonyl (C=O) groups excluding carboxylic acids is 2. The lowest BCUT2D eigenvalue weighted by atomic mass is 9.73. The zero-order valence-corrected chi connectivity index (χ0v) is 15.0. The van der Waals surface area contributed by atoms with Crippen LogP contribution in [-0.2, 0) is 4.79 Å². The van der Waals surface area contributed by atoms with Gasteiger partial charge in [-0.2, -0.15) is 0 Å². The van der Waals surface area contributed by atoms with E-state index in [2.05, 4.69) is 22.6 Å². The highest BCUT2D eigenvalue weighted by Gasteiger charge is 2.33. The lowest BCUT2D eigenvalue weighted by molar-refractivity contribution is -0.104.